The molecule has 68 valence electrons. The zero-order valence-electron chi connectivity index (χ0n) is 8.48. The summed E-state index contributed by atoms with van der Waals surface area (Å²) < 4.78 is 0. The van der Waals surface area contributed by atoms with Gasteiger partial charge >= 0.3 is 0 Å². The third-order valence-electron chi connectivity index (χ3n) is 2.43. The molecule has 0 saturated carbocycles. The van der Waals surface area contributed by atoms with E-state index in [9.17, 15) is 0 Å². The predicted octanol–water partition coefficient (Wildman–Crippen LogP) is 2.81. The first-order valence-corrected chi connectivity index (χ1v) is 4.99. The van der Waals surface area contributed by atoms with E-state index in [1.54, 1.807) is 0 Å². The van der Waals surface area contributed by atoms with Gasteiger partial charge < -0.3 is 5.32 Å². The van der Waals surface area contributed by atoms with E-state index in [0.29, 0.717) is 0 Å². The largest absolute Gasteiger partial charge is 0.314 e. The molecular weight excluding hydrogens is 134 g/mol. The Morgan fingerprint density at radius 2 is 1.73 bits per heavy atom. The minimum atomic E-state index is 0.736. The van der Waals surface area contributed by atoms with Crippen LogP contribution in [0.5, 0.6) is 0 Å². The van der Waals surface area contributed by atoms with Gasteiger partial charge in [-0.25, -0.2) is 0 Å². The Hall–Kier alpha value is -0.0400. The molecule has 0 amide bonds. The van der Waals surface area contributed by atoms with Gasteiger partial charge in [0.05, 0.1) is 0 Å². The zero-order chi connectivity index (χ0) is 8.69. The number of hydrogen-bond acceptors (Lipinski definition) is 1. The Morgan fingerprint density at radius 3 is 2.09 bits per heavy atom. The van der Waals surface area contributed by atoms with E-state index in [4.69, 9.17) is 0 Å². The maximum Gasteiger partial charge on any atom is 0.00899 e. The normalized spacial score (nSPS) is 16.4. The fraction of sp³-hybridized carbons (Fsp3) is 1.00. The van der Waals surface area contributed by atoms with Crippen LogP contribution in [0.15, 0.2) is 0 Å². The van der Waals surface area contributed by atoms with E-state index in [0.717, 1.165) is 12.0 Å². The molecule has 0 radical (unpaired) electrons. The van der Waals surface area contributed by atoms with Gasteiger partial charge in [-0.05, 0) is 25.3 Å². The molecule has 0 saturated heterocycles. The molecule has 0 aromatic rings. The van der Waals surface area contributed by atoms with E-state index >= 15 is 0 Å². The topological polar surface area (TPSA) is 12.0 Å². The lowest BCUT2D eigenvalue weighted by Crippen LogP contribution is -2.34. The molecule has 2 unspecified atom stereocenters. The summed E-state index contributed by atoms with van der Waals surface area (Å²) in [4.78, 5) is 0. The van der Waals surface area contributed by atoms with Gasteiger partial charge in [-0.15, -0.1) is 0 Å². The molecule has 0 heterocycles. The van der Waals surface area contributed by atoms with Crippen molar-refractivity contribution in [2.24, 2.45) is 5.92 Å². The maximum absolute atomic E-state index is 3.57. The Bertz CT molecular complexity index is 80.9. The lowest BCUT2D eigenvalue weighted by molar-refractivity contribution is 0.358. The highest BCUT2D eigenvalue weighted by molar-refractivity contribution is 4.69. The highest BCUT2D eigenvalue weighted by Gasteiger charge is 2.11. The SMILES string of the molecule is CCCNC(CC)C(C)CC. The van der Waals surface area contributed by atoms with Gasteiger partial charge in [0.25, 0.3) is 0 Å². The summed E-state index contributed by atoms with van der Waals surface area (Å²) in [5.74, 6) is 0.826. The van der Waals surface area contributed by atoms with Crippen molar-refractivity contribution in [1.29, 1.82) is 0 Å². The minimum Gasteiger partial charge on any atom is -0.314 e. The molecule has 1 nitrogen and oxygen atoms in total. The van der Waals surface area contributed by atoms with Gasteiger partial charge in [-0.1, -0.05) is 34.1 Å². The minimum absolute atomic E-state index is 0.736. The van der Waals surface area contributed by atoms with E-state index in [2.05, 4.69) is 33.0 Å². The van der Waals surface area contributed by atoms with Crippen LogP contribution in [-0.4, -0.2) is 12.6 Å². The van der Waals surface area contributed by atoms with Crippen LogP contribution in [0.4, 0.5) is 0 Å². The van der Waals surface area contributed by atoms with E-state index in [1.807, 2.05) is 0 Å². The monoisotopic (exact) mass is 157 g/mol. The average molecular weight is 157 g/mol. The molecule has 11 heavy (non-hydrogen) atoms. The maximum atomic E-state index is 3.57. The summed E-state index contributed by atoms with van der Waals surface area (Å²) >= 11 is 0. The predicted molar refractivity (Wildman–Crippen MR) is 51.8 cm³/mol. The Labute approximate surface area is 71.6 Å². The van der Waals surface area contributed by atoms with Crippen LogP contribution in [0.25, 0.3) is 0 Å². The van der Waals surface area contributed by atoms with Gasteiger partial charge in [0.1, 0.15) is 0 Å². The summed E-state index contributed by atoms with van der Waals surface area (Å²) in [5.41, 5.74) is 0. The fourth-order valence-electron chi connectivity index (χ4n) is 1.36. The average Bonchev–Trinajstić information content (AvgIpc) is 2.05. The Kier molecular flexibility index (Phi) is 6.63. The van der Waals surface area contributed by atoms with Crippen molar-refractivity contribution in [3.8, 4) is 0 Å². The number of hydrogen-bond donors (Lipinski definition) is 1. The lowest BCUT2D eigenvalue weighted by Gasteiger charge is -2.22. The van der Waals surface area contributed by atoms with Gasteiger partial charge in [0, 0.05) is 6.04 Å². The molecular formula is C10H23N. The quantitative estimate of drug-likeness (QED) is 0.625. The summed E-state index contributed by atoms with van der Waals surface area (Å²) in [6, 6.07) is 0.736. The van der Waals surface area contributed by atoms with Crippen molar-refractivity contribution < 1.29 is 0 Å². The number of rotatable bonds is 6. The molecule has 0 aliphatic carbocycles. The van der Waals surface area contributed by atoms with Gasteiger partial charge in [0.15, 0.2) is 0 Å². The standard InChI is InChI=1S/C10H23N/c1-5-8-11-10(7-3)9(4)6-2/h9-11H,5-8H2,1-4H3. The van der Waals surface area contributed by atoms with Crippen LogP contribution >= 0.6 is 0 Å². The zero-order valence-corrected chi connectivity index (χ0v) is 8.48. The molecule has 0 spiro atoms. The van der Waals surface area contributed by atoms with Crippen molar-refractivity contribution in [2.45, 2.75) is 53.0 Å². The molecule has 0 aromatic heterocycles. The van der Waals surface area contributed by atoms with Gasteiger partial charge in [-0.2, -0.15) is 0 Å². The molecule has 0 bridgehead atoms. The Morgan fingerprint density at radius 1 is 1.09 bits per heavy atom. The second-order valence-corrected chi connectivity index (χ2v) is 3.35. The van der Waals surface area contributed by atoms with Crippen molar-refractivity contribution >= 4 is 0 Å². The summed E-state index contributed by atoms with van der Waals surface area (Å²) in [6.45, 7) is 10.2. The van der Waals surface area contributed by atoms with Gasteiger partial charge in [0.2, 0.25) is 0 Å². The molecule has 0 fully saturated rings. The van der Waals surface area contributed by atoms with E-state index < -0.39 is 0 Å². The third-order valence-corrected chi connectivity index (χ3v) is 2.43. The van der Waals surface area contributed by atoms with Crippen molar-refractivity contribution in [3.05, 3.63) is 0 Å². The summed E-state index contributed by atoms with van der Waals surface area (Å²) in [5, 5.41) is 3.57. The first kappa shape index (κ1) is 11.0. The molecule has 0 aliphatic heterocycles. The van der Waals surface area contributed by atoms with Crippen molar-refractivity contribution in [3.63, 3.8) is 0 Å². The fourth-order valence-corrected chi connectivity index (χ4v) is 1.36. The summed E-state index contributed by atoms with van der Waals surface area (Å²) in [7, 11) is 0. The first-order valence-electron chi connectivity index (χ1n) is 4.99. The van der Waals surface area contributed by atoms with Crippen LogP contribution in [0.3, 0.4) is 0 Å². The van der Waals surface area contributed by atoms with Crippen LogP contribution in [0.2, 0.25) is 0 Å². The van der Waals surface area contributed by atoms with Crippen molar-refractivity contribution in [2.75, 3.05) is 6.54 Å². The van der Waals surface area contributed by atoms with Crippen LogP contribution in [0, 0.1) is 5.92 Å². The van der Waals surface area contributed by atoms with E-state index in [1.165, 1.54) is 25.8 Å². The second-order valence-electron chi connectivity index (χ2n) is 3.35. The third kappa shape index (κ3) is 4.41. The van der Waals surface area contributed by atoms with Crippen LogP contribution in [0.1, 0.15) is 47.0 Å². The van der Waals surface area contributed by atoms with Crippen LogP contribution < -0.4 is 5.32 Å². The molecule has 0 aromatic carbocycles. The molecule has 1 heteroatoms. The second kappa shape index (κ2) is 6.66. The van der Waals surface area contributed by atoms with E-state index in [-0.39, 0.29) is 0 Å². The molecule has 0 aliphatic rings. The molecule has 1 N–H and O–H groups in total. The summed E-state index contributed by atoms with van der Waals surface area (Å²) in [6.07, 6.45) is 3.79. The molecule has 0 rings (SSSR count). The first-order chi connectivity index (χ1) is 5.26. The van der Waals surface area contributed by atoms with Crippen LogP contribution in [-0.2, 0) is 0 Å². The smallest absolute Gasteiger partial charge is 0.00899 e. The highest BCUT2D eigenvalue weighted by atomic mass is 14.9. The number of nitrogens with one attached hydrogen (secondary N) is 1. The van der Waals surface area contributed by atoms with Gasteiger partial charge in [-0.3, -0.25) is 0 Å². The van der Waals surface area contributed by atoms with Crippen molar-refractivity contribution in [1.82, 2.24) is 5.32 Å². The Balaban J connectivity index is 3.56. The lowest BCUT2D eigenvalue weighted by atomic mass is 9.97. The molecule has 2 atom stereocenters. The highest BCUT2D eigenvalue weighted by Crippen LogP contribution is 2.10.